The summed E-state index contributed by atoms with van der Waals surface area (Å²) in [6, 6.07) is 3.74. The summed E-state index contributed by atoms with van der Waals surface area (Å²) in [6.07, 6.45) is 3.00. The van der Waals surface area contributed by atoms with Crippen LogP contribution in [-0.4, -0.2) is 18.3 Å². The molecule has 1 fully saturated rings. The molecule has 1 aromatic rings. The first kappa shape index (κ1) is 13.7. The van der Waals surface area contributed by atoms with E-state index in [1.165, 1.54) is 19.3 Å². The Morgan fingerprint density at radius 1 is 1.50 bits per heavy atom. The van der Waals surface area contributed by atoms with Crippen LogP contribution in [0.2, 0.25) is 5.02 Å². The molecule has 0 heterocycles. The summed E-state index contributed by atoms with van der Waals surface area (Å²) in [5.41, 5.74) is 7.21. The molecule has 3 N–H and O–H groups in total. The Hall–Kier alpha value is -0.770. The molecule has 0 aliphatic heterocycles. The van der Waals surface area contributed by atoms with Crippen molar-refractivity contribution in [2.45, 2.75) is 32.3 Å². The second-order valence-electron chi connectivity index (χ2n) is 5.02. The van der Waals surface area contributed by atoms with E-state index >= 15 is 0 Å². The van der Waals surface area contributed by atoms with Crippen molar-refractivity contribution in [3.8, 4) is 5.75 Å². The van der Waals surface area contributed by atoms with Crippen LogP contribution in [0.5, 0.6) is 5.75 Å². The van der Waals surface area contributed by atoms with Gasteiger partial charge in [0.1, 0.15) is 5.75 Å². The van der Waals surface area contributed by atoms with E-state index in [9.17, 15) is 5.11 Å². The predicted octanol–water partition coefficient (Wildman–Crippen LogP) is 2.82. The van der Waals surface area contributed by atoms with Crippen LogP contribution in [0.15, 0.2) is 12.1 Å². The van der Waals surface area contributed by atoms with Gasteiger partial charge >= 0.3 is 0 Å². The van der Waals surface area contributed by atoms with Crippen LogP contribution in [0.3, 0.4) is 0 Å². The minimum absolute atomic E-state index is 0.166. The molecule has 1 saturated carbocycles. The molecule has 0 saturated heterocycles. The van der Waals surface area contributed by atoms with Gasteiger partial charge in [-0.3, -0.25) is 0 Å². The molecule has 1 aliphatic carbocycles. The normalized spacial score (nSPS) is 17.3. The number of aliphatic hydroxyl groups is 1. The number of rotatable bonds is 5. The Morgan fingerprint density at radius 2 is 2.22 bits per heavy atom. The van der Waals surface area contributed by atoms with Gasteiger partial charge in [0.2, 0.25) is 0 Å². The summed E-state index contributed by atoms with van der Waals surface area (Å²) in [6.45, 7) is 2.78. The Balaban J connectivity index is 2.19. The summed E-state index contributed by atoms with van der Waals surface area (Å²) >= 11 is 6.20. The molecule has 2 rings (SSSR count). The van der Waals surface area contributed by atoms with Gasteiger partial charge in [0.25, 0.3) is 0 Å². The molecule has 0 radical (unpaired) electrons. The van der Waals surface area contributed by atoms with E-state index < -0.39 is 6.10 Å². The second-order valence-corrected chi connectivity index (χ2v) is 5.43. The first-order valence-electron chi connectivity index (χ1n) is 6.42. The van der Waals surface area contributed by atoms with Crippen molar-refractivity contribution in [1.29, 1.82) is 0 Å². The van der Waals surface area contributed by atoms with Gasteiger partial charge in [-0.05, 0) is 43.4 Å². The second kappa shape index (κ2) is 5.91. The standard InChI is InChI=1S/C14H20ClNO2/c1-9-5-11(13(17)7-16)14(12(15)6-9)18-8-10-3-2-4-10/h5-6,10,13,17H,2-4,7-8,16H2,1H3. The molecule has 1 aliphatic rings. The highest BCUT2D eigenvalue weighted by atomic mass is 35.5. The smallest absolute Gasteiger partial charge is 0.143 e. The van der Waals surface area contributed by atoms with Crippen molar-refractivity contribution in [2.75, 3.05) is 13.2 Å². The topological polar surface area (TPSA) is 55.5 Å². The lowest BCUT2D eigenvalue weighted by Crippen LogP contribution is -2.21. The molecule has 1 unspecified atom stereocenters. The Kier molecular flexibility index (Phi) is 4.49. The zero-order valence-corrected chi connectivity index (χ0v) is 11.4. The van der Waals surface area contributed by atoms with Crippen LogP contribution in [-0.2, 0) is 0 Å². The van der Waals surface area contributed by atoms with Gasteiger partial charge in [-0.25, -0.2) is 0 Å². The average Bonchev–Trinajstić information content (AvgIpc) is 2.28. The first-order valence-corrected chi connectivity index (χ1v) is 6.80. The number of aliphatic hydroxyl groups excluding tert-OH is 1. The van der Waals surface area contributed by atoms with Gasteiger partial charge in [-0.2, -0.15) is 0 Å². The molecule has 18 heavy (non-hydrogen) atoms. The van der Waals surface area contributed by atoms with Crippen molar-refractivity contribution in [3.05, 3.63) is 28.3 Å². The number of hydrogen-bond donors (Lipinski definition) is 2. The van der Waals surface area contributed by atoms with Crippen LogP contribution >= 0.6 is 11.6 Å². The van der Waals surface area contributed by atoms with Crippen LogP contribution in [0.4, 0.5) is 0 Å². The van der Waals surface area contributed by atoms with Crippen LogP contribution in [0.25, 0.3) is 0 Å². The third kappa shape index (κ3) is 2.97. The predicted molar refractivity (Wildman–Crippen MR) is 73.0 cm³/mol. The molecule has 100 valence electrons. The summed E-state index contributed by atoms with van der Waals surface area (Å²) in [7, 11) is 0. The van der Waals surface area contributed by atoms with E-state index in [4.69, 9.17) is 22.1 Å². The van der Waals surface area contributed by atoms with Crippen LogP contribution in [0, 0.1) is 12.8 Å². The lowest BCUT2D eigenvalue weighted by Gasteiger charge is -2.26. The number of hydrogen-bond acceptors (Lipinski definition) is 3. The molecule has 0 amide bonds. The minimum atomic E-state index is -0.723. The molecule has 0 bridgehead atoms. The van der Waals surface area contributed by atoms with Gasteiger partial charge in [0.15, 0.2) is 0 Å². The van der Waals surface area contributed by atoms with Gasteiger partial charge < -0.3 is 15.6 Å². The number of aryl methyl sites for hydroxylation is 1. The summed E-state index contributed by atoms with van der Waals surface area (Å²) in [5, 5.41) is 10.5. The molecule has 1 atom stereocenters. The van der Waals surface area contributed by atoms with Crippen molar-refractivity contribution >= 4 is 11.6 Å². The lowest BCUT2D eigenvalue weighted by atomic mass is 9.86. The van der Waals surface area contributed by atoms with Gasteiger partial charge in [-0.1, -0.05) is 18.0 Å². The fourth-order valence-corrected chi connectivity index (χ4v) is 2.48. The Morgan fingerprint density at radius 3 is 2.78 bits per heavy atom. The monoisotopic (exact) mass is 269 g/mol. The SMILES string of the molecule is Cc1cc(Cl)c(OCC2CCC2)c(C(O)CN)c1. The average molecular weight is 270 g/mol. The van der Waals surface area contributed by atoms with E-state index in [0.717, 1.165) is 5.56 Å². The fourth-order valence-electron chi connectivity index (χ4n) is 2.14. The van der Waals surface area contributed by atoms with Gasteiger partial charge in [-0.15, -0.1) is 0 Å². The maximum Gasteiger partial charge on any atom is 0.143 e. The summed E-state index contributed by atoms with van der Waals surface area (Å²) in [4.78, 5) is 0. The van der Waals surface area contributed by atoms with Crippen LogP contribution in [0.1, 0.15) is 36.5 Å². The van der Waals surface area contributed by atoms with Crippen LogP contribution < -0.4 is 10.5 Å². The van der Waals surface area contributed by atoms with Crippen molar-refractivity contribution < 1.29 is 9.84 Å². The van der Waals surface area contributed by atoms with E-state index in [1.807, 2.05) is 19.1 Å². The largest absolute Gasteiger partial charge is 0.491 e. The van der Waals surface area contributed by atoms with E-state index in [0.29, 0.717) is 28.9 Å². The Bertz CT molecular complexity index is 419. The number of ether oxygens (including phenoxy) is 1. The fraction of sp³-hybridized carbons (Fsp3) is 0.571. The number of halogens is 1. The van der Waals surface area contributed by atoms with E-state index in [1.54, 1.807) is 0 Å². The third-order valence-electron chi connectivity index (χ3n) is 3.49. The Labute approximate surface area is 113 Å². The molecule has 0 aromatic heterocycles. The molecule has 3 nitrogen and oxygen atoms in total. The quantitative estimate of drug-likeness (QED) is 0.864. The summed E-state index contributed by atoms with van der Waals surface area (Å²) < 4.78 is 5.80. The van der Waals surface area contributed by atoms with Gasteiger partial charge in [0, 0.05) is 12.1 Å². The molecular formula is C14H20ClNO2. The highest BCUT2D eigenvalue weighted by Gasteiger charge is 2.21. The van der Waals surface area contributed by atoms with Crippen molar-refractivity contribution in [3.63, 3.8) is 0 Å². The summed E-state index contributed by atoms with van der Waals surface area (Å²) in [5.74, 6) is 1.22. The molecule has 1 aromatic carbocycles. The highest BCUT2D eigenvalue weighted by Crippen LogP contribution is 2.36. The van der Waals surface area contributed by atoms with Gasteiger partial charge in [0.05, 0.1) is 17.7 Å². The zero-order chi connectivity index (χ0) is 13.1. The maximum atomic E-state index is 9.93. The lowest BCUT2D eigenvalue weighted by molar-refractivity contribution is 0.159. The molecular weight excluding hydrogens is 250 g/mol. The minimum Gasteiger partial charge on any atom is -0.491 e. The third-order valence-corrected chi connectivity index (χ3v) is 3.77. The van der Waals surface area contributed by atoms with E-state index in [2.05, 4.69) is 0 Å². The van der Waals surface area contributed by atoms with E-state index in [-0.39, 0.29) is 6.54 Å². The highest BCUT2D eigenvalue weighted by molar-refractivity contribution is 6.32. The zero-order valence-electron chi connectivity index (χ0n) is 10.7. The van der Waals surface area contributed by atoms with Crippen molar-refractivity contribution in [2.24, 2.45) is 11.7 Å². The molecule has 0 spiro atoms. The first-order chi connectivity index (χ1) is 8.61. The molecule has 4 heteroatoms. The maximum absolute atomic E-state index is 9.93. The number of benzene rings is 1. The number of nitrogens with two attached hydrogens (primary N) is 1. The van der Waals surface area contributed by atoms with Crippen molar-refractivity contribution in [1.82, 2.24) is 0 Å².